The average molecular weight is 218 g/mol. The minimum absolute atomic E-state index is 0.583. The fourth-order valence-electron chi connectivity index (χ4n) is 1.58. The van der Waals surface area contributed by atoms with Gasteiger partial charge in [-0.15, -0.1) is 11.6 Å². The van der Waals surface area contributed by atoms with Crippen LogP contribution in [0.25, 0.3) is 0 Å². The van der Waals surface area contributed by atoms with E-state index in [2.05, 4.69) is 32.3 Å². The zero-order valence-electron chi connectivity index (χ0n) is 9.85. The molecule has 0 heterocycles. The Labute approximate surface area is 94.1 Å². The normalized spacial score (nSPS) is 11.3. The number of likely N-dealkylation sites (N-methyl/N-ethyl adjacent to an activating group) is 1. The monoisotopic (exact) mass is 217 g/mol. The second-order valence-electron chi connectivity index (χ2n) is 3.89. The van der Waals surface area contributed by atoms with Gasteiger partial charge in [0.1, 0.15) is 0 Å². The minimum atomic E-state index is 0.583. The molecule has 0 aromatic carbocycles. The van der Waals surface area contributed by atoms with Crippen molar-refractivity contribution >= 4 is 11.6 Å². The second kappa shape index (κ2) is 8.31. The number of hydrogen-bond acceptors (Lipinski definition) is 1. The van der Waals surface area contributed by atoms with Crippen molar-refractivity contribution in [1.82, 2.24) is 4.90 Å². The summed E-state index contributed by atoms with van der Waals surface area (Å²) in [5, 5.41) is 0. The maximum absolute atomic E-state index is 5.73. The Kier molecular flexibility index (Phi) is 8.30. The molecule has 2 heteroatoms. The largest absolute Gasteiger partial charge is 0.299 e. The molecule has 0 unspecified atom stereocenters. The van der Waals surface area contributed by atoms with E-state index in [-0.39, 0.29) is 0 Å². The van der Waals surface area contributed by atoms with Gasteiger partial charge in [-0.1, -0.05) is 40.2 Å². The highest BCUT2D eigenvalue weighted by Gasteiger charge is 2.10. The topological polar surface area (TPSA) is 3.24 Å². The number of halogens is 1. The molecular formula is C12H24ClN. The van der Waals surface area contributed by atoms with Gasteiger partial charge in [0.15, 0.2) is 0 Å². The molecule has 0 N–H and O–H groups in total. The Morgan fingerprint density at radius 2 is 1.86 bits per heavy atom. The average Bonchev–Trinajstić information content (AvgIpc) is 2.23. The summed E-state index contributed by atoms with van der Waals surface area (Å²) in [5.41, 5.74) is 1.12. The molecule has 0 aromatic heterocycles. The van der Waals surface area contributed by atoms with Crippen molar-refractivity contribution in [2.24, 2.45) is 5.92 Å². The van der Waals surface area contributed by atoms with Gasteiger partial charge < -0.3 is 0 Å². The van der Waals surface area contributed by atoms with Crippen molar-refractivity contribution in [3.8, 4) is 0 Å². The number of alkyl halides is 1. The molecule has 0 amide bonds. The van der Waals surface area contributed by atoms with E-state index in [1.54, 1.807) is 0 Å². The van der Waals surface area contributed by atoms with Crippen LogP contribution in [0, 0.1) is 5.92 Å². The highest BCUT2D eigenvalue weighted by Crippen LogP contribution is 2.11. The fraction of sp³-hybridized carbons (Fsp3) is 0.833. The van der Waals surface area contributed by atoms with Crippen LogP contribution in [0.15, 0.2) is 12.2 Å². The van der Waals surface area contributed by atoms with E-state index in [1.165, 1.54) is 19.4 Å². The third-order valence-corrected chi connectivity index (χ3v) is 3.13. The van der Waals surface area contributed by atoms with Crippen LogP contribution < -0.4 is 0 Å². The molecule has 0 aliphatic carbocycles. The number of nitrogens with zero attached hydrogens (tertiary/aromatic N) is 1. The molecule has 0 saturated heterocycles. The van der Waals surface area contributed by atoms with Crippen LogP contribution in [0.1, 0.15) is 33.6 Å². The molecule has 0 rings (SSSR count). The first-order valence-electron chi connectivity index (χ1n) is 5.62. The molecule has 0 aromatic rings. The maximum Gasteiger partial charge on any atom is 0.0443 e. The second-order valence-corrected chi connectivity index (χ2v) is 4.16. The van der Waals surface area contributed by atoms with Gasteiger partial charge in [-0.3, -0.25) is 4.90 Å². The van der Waals surface area contributed by atoms with E-state index in [0.717, 1.165) is 24.6 Å². The highest BCUT2D eigenvalue weighted by atomic mass is 35.5. The molecule has 0 atom stereocenters. The molecule has 0 aliphatic rings. The maximum atomic E-state index is 5.73. The summed E-state index contributed by atoms with van der Waals surface area (Å²) in [4.78, 5) is 2.43. The molecule has 0 fully saturated rings. The number of rotatable bonds is 8. The minimum Gasteiger partial charge on any atom is -0.299 e. The summed E-state index contributed by atoms with van der Waals surface area (Å²) in [6.07, 6.45) is 2.53. The van der Waals surface area contributed by atoms with Crippen LogP contribution in [0.4, 0.5) is 0 Å². The Morgan fingerprint density at radius 1 is 1.29 bits per heavy atom. The third kappa shape index (κ3) is 5.66. The molecule has 0 bridgehead atoms. The first-order valence-corrected chi connectivity index (χ1v) is 6.16. The van der Waals surface area contributed by atoms with E-state index in [0.29, 0.717) is 5.88 Å². The van der Waals surface area contributed by atoms with E-state index in [1.807, 2.05) is 0 Å². The van der Waals surface area contributed by atoms with Crippen molar-refractivity contribution in [3.05, 3.63) is 12.2 Å². The first kappa shape index (κ1) is 14.0. The zero-order chi connectivity index (χ0) is 11.0. The highest BCUT2D eigenvalue weighted by molar-refractivity contribution is 6.19. The number of hydrogen-bond donors (Lipinski definition) is 0. The van der Waals surface area contributed by atoms with Crippen LogP contribution in [-0.2, 0) is 0 Å². The predicted octanol–water partition coefficient (Wildman–Crippen LogP) is 3.54. The van der Waals surface area contributed by atoms with Gasteiger partial charge in [0.25, 0.3) is 0 Å². The Morgan fingerprint density at radius 3 is 2.21 bits per heavy atom. The molecule has 84 valence electrons. The van der Waals surface area contributed by atoms with Gasteiger partial charge in [0.05, 0.1) is 0 Å². The lowest BCUT2D eigenvalue weighted by Gasteiger charge is -2.25. The Bertz CT molecular complexity index is 152. The molecule has 0 saturated carbocycles. The molecule has 0 spiro atoms. The van der Waals surface area contributed by atoms with Gasteiger partial charge in [-0.25, -0.2) is 0 Å². The smallest absolute Gasteiger partial charge is 0.0443 e. The lowest BCUT2D eigenvalue weighted by Crippen LogP contribution is -2.31. The van der Waals surface area contributed by atoms with Crippen LogP contribution >= 0.6 is 11.6 Å². The molecule has 0 radical (unpaired) electrons. The van der Waals surface area contributed by atoms with Gasteiger partial charge in [-0.05, 0) is 18.0 Å². The molecule has 1 nitrogen and oxygen atoms in total. The molecule has 0 aliphatic heterocycles. The standard InChI is InChI=1S/C12H24ClN/c1-5-12(6-2)10-14(7-3)9-11(4)8-13/h12H,4-10H2,1-3H3. The zero-order valence-corrected chi connectivity index (χ0v) is 10.6. The van der Waals surface area contributed by atoms with Crippen molar-refractivity contribution in [3.63, 3.8) is 0 Å². The van der Waals surface area contributed by atoms with E-state index < -0.39 is 0 Å². The Balaban J connectivity index is 3.94. The summed E-state index contributed by atoms with van der Waals surface area (Å²) >= 11 is 5.73. The van der Waals surface area contributed by atoms with Crippen LogP contribution in [0.5, 0.6) is 0 Å². The van der Waals surface area contributed by atoms with Gasteiger partial charge >= 0.3 is 0 Å². The summed E-state index contributed by atoms with van der Waals surface area (Å²) in [5.74, 6) is 1.40. The predicted molar refractivity (Wildman–Crippen MR) is 66.0 cm³/mol. The van der Waals surface area contributed by atoms with Gasteiger partial charge in [-0.2, -0.15) is 0 Å². The Hall–Kier alpha value is -0.0100. The van der Waals surface area contributed by atoms with E-state index in [4.69, 9.17) is 11.6 Å². The summed E-state index contributed by atoms with van der Waals surface area (Å²) in [7, 11) is 0. The summed E-state index contributed by atoms with van der Waals surface area (Å²) in [6, 6.07) is 0. The van der Waals surface area contributed by atoms with Crippen LogP contribution in [0.2, 0.25) is 0 Å². The summed E-state index contributed by atoms with van der Waals surface area (Å²) < 4.78 is 0. The SMILES string of the molecule is C=C(CCl)CN(CC)CC(CC)CC. The first-order chi connectivity index (χ1) is 6.67. The van der Waals surface area contributed by atoms with Gasteiger partial charge in [0, 0.05) is 19.0 Å². The van der Waals surface area contributed by atoms with Crippen molar-refractivity contribution in [2.75, 3.05) is 25.5 Å². The quantitative estimate of drug-likeness (QED) is 0.444. The van der Waals surface area contributed by atoms with Crippen LogP contribution in [0.3, 0.4) is 0 Å². The molecule has 14 heavy (non-hydrogen) atoms. The van der Waals surface area contributed by atoms with Crippen molar-refractivity contribution in [2.45, 2.75) is 33.6 Å². The lowest BCUT2D eigenvalue weighted by molar-refractivity contribution is 0.251. The van der Waals surface area contributed by atoms with E-state index in [9.17, 15) is 0 Å². The van der Waals surface area contributed by atoms with Gasteiger partial charge in [0.2, 0.25) is 0 Å². The summed E-state index contributed by atoms with van der Waals surface area (Å²) in [6.45, 7) is 13.9. The third-order valence-electron chi connectivity index (χ3n) is 2.75. The fourth-order valence-corrected chi connectivity index (χ4v) is 1.66. The van der Waals surface area contributed by atoms with Crippen molar-refractivity contribution < 1.29 is 0 Å². The molecular weight excluding hydrogens is 194 g/mol. The lowest BCUT2D eigenvalue weighted by atomic mass is 10.0. The van der Waals surface area contributed by atoms with E-state index >= 15 is 0 Å². The van der Waals surface area contributed by atoms with Crippen molar-refractivity contribution in [1.29, 1.82) is 0 Å². The van der Waals surface area contributed by atoms with Crippen LogP contribution in [-0.4, -0.2) is 30.4 Å².